The van der Waals surface area contributed by atoms with Crippen LogP contribution in [0.15, 0.2) is 71.3 Å². The molecule has 2 heterocycles. The van der Waals surface area contributed by atoms with E-state index in [-0.39, 0.29) is 29.7 Å². The molecular formula is C23H20N2O7. The number of hydrogen-bond acceptors (Lipinski definition) is 7. The molecule has 0 saturated heterocycles. The van der Waals surface area contributed by atoms with E-state index in [1.165, 1.54) is 18.4 Å². The van der Waals surface area contributed by atoms with E-state index in [9.17, 15) is 14.4 Å². The van der Waals surface area contributed by atoms with Crippen LogP contribution in [0.1, 0.15) is 20.9 Å². The lowest BCUT2D eigenvalue weighted by atomic mass is 10.1. The summed E-state index contributed by atoms with van der Waals surface area (Å²) in [7, 11) is 0. The Morgan fingerprint density at radius 1 is 0.969 bits per heavy atom. The van der Waals surface area contributed by atoms with Gasteiger partial charge in [0.25, 0.3) is 11.8 Å². The smallest absolute Gasteiger partial charge is 0.340 e. The maximum atomic E-state index is 12.5. The quantitative estimate of drug-likeness (QED) is 0.547. The number of hydrogen-bond donors (Lipinski definition) is 2. The van der Waals surface area contributed by atoms with Gasteiger partial charge < -0.3 is 29.3 Å². The van der Waals surface area contributed by atoms with Gasteiger partial charge in [-0.3, -0.25) is 9.59 Å². The number of amides is 2. The van der Waals surface area contributed by atoms with Crippen LogP contribution in [0.3, 0.4) is 0 Å². The summed E-state index contributed by atoms with van der Waals surface area (Å²) in [4.78, 5) is 36.8. The van der Waals surface area contributed by atoms with Crippen molar-refractivity contribution >= 4 is 23.5 Å². The molecule has 0 bridgehead atoms. The Bertz CT molecular complexity index is 1110. The fraction of sp³-hybridized carbons (Fsp3) is 0.174. The molecule has 1 atom stereocenters. The van der Waals surface area contributed by atoms with Crippen LogP contribution in [0.5, 0.6) is 11.5 Å². The van der Waals surface area contributed by atoms with Crippen LogP contribution in [-0.2, 0) is 9.53 Å². The maximum Gasteiger partial charge on any atom is 0.340 e. The number of fused-ring (bicyclic) bond motifs is 1. The third kappa shape index (κ3) is 5.07. The first-order valence-electron chi connectivity index (χ1n) is 9.86. The van der Waals surface area contributed by atoms with Crippen LogP contribution in [0.4, 0.5) is 5.69 Å². The molecule has 0 radical (unpaired) electrons. The number of furan rings is 1. The van der Waals surface area contributed by atoms with Crippen LogP contribution < -0.4 is 20.1 Å². The Kier molecular flexibility index (Phi) is 6.35. The second-order valence-corrected chi connectivity index (χ2v) is 6.85. The van der Waals surface area contributed by atoms with E-state index in [0.29, 0.717) is 18.1 Å². The zero-order valence-electron chi connectivity index (χ0n) is 16.9. The van der Waals surface area contributed by atoms with Crippen LogP contribution in [0.25, 0.3) is 0 Å². The van der Waals surface area contributed by atoms with Crippen molar-refractivity contribution in [3.63, 3.8) is 0 Å². The Balaban J connectivity index is 1.27. The van der Waals surface area contributed by atoms with Gasteiger partial charge in [-0.15, -0.1) is 0 Å². The molecule has 4 rings (SSSR count). The summed E-state index contributed by atoms with van der Waals surface area (Å²) in [5.41, 5.74) is 0.353. The summed E-state index contributed by atoms with van der Waals surface area (Å²) in [5, 5.41) is 5.25. The first-order valence-corrected chi connectivity index (χ1v) is 9.86. The number of carbonyl (C=O) groups is 3. The SMILES string of the molecule is O=C(COC(=O)c1ccccc1NC(=O)c1ccco1)NC[C@H]1COc2ccccc2O1. The van der Waals surface area contributed by atoms with Crippen molar-refractivity contribution in [3.05, 3.63) is 78.3 Å². The predicted octanol–water partition coefficient (Wildman–Crippen LogP) is 2.64. The normalized spacial score (nSPS) is 14.3. The summed E-state index contributed by atoms with van der Waals surface area (Å²) in [6, 6.07) is 16.7. The van der Waals surface area contributed by atoms with Gasteiger partial charge in [-0.1, -0.05) is 24.3 Å². The average Bonchev–Trinajstić information content (AvgIpc) is 3.37. The number of ether oxygens (including phenoxy) is 3. The monoisotopic (exact) mass is 436 g/mol. The molecule has 0 unspecified atom stereocenters. The van der Waals surface area contributed by atoms with E-state index in [4.69, 9.17) is 18.6 Å². The van der Waals surface area contributed by atoms with Crippen LogP contribution in [0.2, 0.25) is 0 Å². The molecule has 0 saturated carbocycles. The van der Waals surface area contributed by atoms with Crippen molar-refractivity contribution in [2.75, 3.05) is 25.1 Å². The standard InChI is InChI=1S/C23H20N2O7/c26-21(24-12-15-13-30-18-8-3-4-9-19(18)32-15)14-31-23(28)16-6-1-2-7-17(16)25-22(27)20-10-5-11-29-20/h1-11,15H,12-14H2,(H,24,26)(H,25,27)/t15-/m0/s1. The summed E-state index contributed by atoms with van der Waals surface area (Å²) in [6.45, 7) is 0.00376. The van der Waals surface area contributed by atoms with Crippen molar-refractivity contribution < 1.29 is 33.0 Å². The summed E-state index contributed by atoms with van der Waals surface area (Å²) < 4.78 is 21.5. The zero-order valence-corrected chi connectivity index (χ0v) is 16.9. The van der Waals surface area contributed by atoms with E-state index < -0.39 is 24.4 Å². The summed E-state index contributed by atoms with van der Waals surface area (Å²) in [6.07, 6.45) is 1.01. The highest BCUT2D eigenvalue weighted by atomic mass is 16.6. The molecule has 0 spiro atoms. The molecule has 1 aliphatic heterocycles. The molecule has 164 valence electrons. The second-order valence-electron chi connectivity index (χ2n) is 6.85. The van der Waals surface area contributed by atoms with Gasteiger partial charge in [0.05, 0.1) is 24.1 Å². The fourth-order valence-corrected chi connectivity index (χ4v) is 3.01. The molecule has 9 nitrogen and oxygen atoms in total. The van der Waals surface area contributed by atoms with E-state index in [0.717, 1.165) is 0 Å². The maximum absolute atomic E-state index is 12.5. The fourth-order valence-electron chi connectivity index (χ4n) is 3.01. The van der Waals surface area contributed by atoms with Gasteiger partial charge in [-0.25, -0.2) is 4.79 Å². The summed E-state index contributed by atoms with van der Waals surface area (Å²) in [5.74, 6) is -0.382. The highest BCUT2D eigenvalue weighted by Crippen LogP contribution is 2.30. The van der Waals surface area contributed by atoms with Crippen LogP contribution in [0, 0.1) is 0 Å². The molecular weight excluding hydrogens is 416 g/mol. The molecule has 0 aliphatic carbocycles. The summed E-state index contributed by atoms with van der Waals surface area (Å²) >= 11 is 0. The number of benzene rings is 2. The Labute approximate surface area is 183 Å². The van der Waals surface area contributed by atoms with Gasteiger partial charge >= 0.3 is 5.97 Å². The number of para-hydroxylation sites is 3. The highest BCUT2D eigenvalue weighted by Gasteiger charge is 2.22. The number of esters is 1. The van der Waals surface area contributed by atoms with Crippen molar-refractivity contribution in [1.82, 2.24) is 5.32 Å². The number of rotatable bonds is 7. The lowest BCUT2D eigenvalue weighted by molar-refractivity contribution is -0.124. The lowest BCUT2D eigenvalue weighted by Gasteiger charge is -2.26. The Morgan fingerprint density at radius 3 is 2.56 bits per heavy atom. The van der Waals surface area contributed by atoms with Gasteiger partial charge in [0.2, 0.25) is 0 Å². The van der Waals surface area contributed by atoms with Crippen molar-refractivity contribution in [1.29, 1.82) is 0 Å². The third-order valence-corrected chi connectivity index (χ3v) is 4.57. The van der Waals surface area contributed by atoms with Gasteiger partial charge in [0.1, 0.15) is 12.7 Å². The molecule has 1 aliphatic rings. The minimum absolute atomic E-state index is 0.101. The molecule has 9 heteroatoms. The lowest BCUT2D eigenvalue weighted by Crippen LogP contribution is -2.42. The Hall–Kier alpha value is -4.27. The highest BCUT2D eigenvalue weighted by molar-refractivity contribution is 6.06. The molecule has 2 aromatic carbocycles. The van der Waals surface area contributed by atoms with Crippen LogP contribution >= 0.6 is 0 Å². The van der Waals surface area contributed by atoms with E-state index in [1.54, 1.807) is 36.4 Å². The molecule has 2 amide bonds. The largest absolute Gasteiger partial charge is 0.486 e. The topological polar surface area (TPSA) is 116 Å². The van der Waals surface area contributed by atoms with Crippen molar-refractivity contribution in [2.45, 2.75) is 6.10 Å². The van der Waals surface area contributed by atoms with E-state index >= 15 is 0 Å². The molecule has 2 N–H and O–H groups in total. The zero-order chi connectivity index (χ0) is 22.3. The van der Waals surface area contributed by atoms with Gasteiger partial charge in [0, 0.05) is 0 Å². The number of anilines is 1. The van der Waals surface area contributed by atoms with Gasteiger partial charge in [-0.05, 0) is 36.4 Å². The van der Waals surface area contributed by atoms with E-state index in [2.05, 4.69) is 10.6 Å². The van der Waals surface area contributed by atoms with Crippen LogP contribution in [-0.4, -0.2) is 43.6 Å². The minimum atomic E-state index is -0.748. The Morgan fingerprint density at radius 2 is 1.75 bits per heavy atom. The molecule has 0 fully saturated rings. The second kappa shape index (κ2) is 9.69. The molecule has 3 aromatic rings. The van der Waals surface area contributed by atoms with Crippen molar-refractivity contribution in [3.8, 4) is 11.5 Å². The third-order valence-electron chi connectivity index (χ3n) is 4.57. The average molecular weight is 436 g/mol. The number of nitrogens with one attached hydrogen (secondary N) is 2. The molecule has 1 aromatic heterocycles. The van der Waals surface area contributed by atoms with Gasteiger partial charge in [-0.2, -0.15) is 0 Å². The van der Waals surface area contributed by atoms with Gasteiger partial charge in [0.15, 0.2) is 23.9 Å². The first-order chi connectivity index (χ1) is 15.6. The molecule has 32 heavy (non-hydrogen) atoms. The number of carbonyl (C=O) groups excluding carboxylic acids is 3. The first kappa shape index (κ1) is 21.0. The predicted molar refractivity (Wildman–Crippen MR) is 113 cm³/mol. The van der Waals surface area contributed by atoms with E-state index in [1.807, 2.05) is 12.1 Å². The van der Waals surface area contributed by atoms with Crippen molar-refractivity contribution in [2.24, 2.45) is 0 Å². The minimum Gasteiger partial charge on any atom is -0.486 e.